The zero-order chi connectivity index (χ0) is 13.4. The highest BCUT2D eigenvalue weighted by atomic mass is 32.1. The lowest BCUT2D eigenvalue weighted by atomic mass is 10.2. The first-order valence-electron chi connectivity index (χ1n) is 6.30. The Hall–Kier alpha value is -1.88. The SMILES string of the molecule is CCc1ccsc1-c1nc2nc(N(C)C)ccc2[nH]1. The number of aromatic amines is 1. The average Bonchev–Trinajstić information content (AvgIpc) is 3.03. The van der Waals surface area contributed by atoms with Crippen LogP contribution in [0.4, 0.5) is 5.82 Å². The molecule has 3 aromatic rings. The third-order valence-corrected chi connectivity index (χ3v) is 4.10. The molecule has 0 saturated heterocycles. The molecule has 0 saturated carbocycles. The van der Waals surface area contributed by atoms with Gasteiger partial charge in [0, 0.05) is 14.1 Å². The number of imidazole rings is 1. The molecule has 0 aliphatic rings. The highest BCUT2D eigenvalue weighted by Crippen LogP contribution is 2.29. The molecule has 3 rings (SSSR count). The first-order chi connectivity index (χ1) is 9.19. The van der Waals surface area contributed by atoms with Crippen LogP contribution in [-0.4, -0.2) is 29.0 Å². The van der Waals surface area contributed by atoms with Crippen molar-refractivity contribution in [3.8, 4) is 10.7 Å². The molecule has 0 aromatic carbocycles. The molecule has 19 heavy (non-hydrogen) atoms. The van der Waals surface area contributed by atoms with Crippen molar-refractivity contribution < 1.29 is 0 Å². The fourth-order valence-corrected chi connectivity index (χ4v) is 3.00. The summed E-state index contributed by atoms with van der Waals surface area (Å²) in [5, 5.41) is 2.11. The Morgan fingerprint density at radius 1 is 1.21 bits per heavy atom. The van der Waals surface area contributed by atoms with Gasteiger partial charge in [0.2, 0.25) is 0 Å². The molecule has 98 valence electrons. The number of anilines is 1. The summed E-state index contributed by atoms with van der Waals surface area (Å²) in [4.78, 5) is 15.7. The second-order valence-corrected chi connectivity index (χ2v) is 5.57. The van der Waals surface area contributed by atoms with E-state index in [1.807, 2.05) is 31.1 Å². The van der Waals surface area contributed by atoms with Gasteiger partial charge in [-0.3, -0.25) is 0 Å². The van der Waals surface area contributed by atoms with Gasteiger partial charge in [0.05, 0.1) is 10.4 Å². The first-order valence-corrected chi connectivity index (χ1v) is 7.18. The number of hydrogen-bond acceptors (Lipinski definition) is 4. The lowest BCUT2D eigenvalue weighted by Crippen LogP contribution is -2.10. The number of nitrogens with one attached hydrogen (secondary N) is 1. The number of pyridine rings is 1. The minimum atomic E-state index is 0.775. The van der Waals surface area contributed by atoms with E-state index in [-0.39, 0.29) is 0 Å². The van der Waals surface area contributed by atoms with E-state index in [0.29, 0.717) is 0 Å². The number of aromatic nitrogens is 3. The zero-order valence-corrected chi connectivity index (χ0v) is 12.1. The Labute approximate surface area is 116 Å². The van der Waals surface area contributed by atoms with Gasteiger partial charge in [0.1, 0.15) is 5.82 Å². The second kappa shape index (κ2) is 4.66. The molecule has 0 aliphatic carbocycles. The van der Waals surface area contributed by atoms with Gasteiger partial charge in [-0.2, -0.15) is 0 Å². The molecule has 0 atom stereocenters. The topological polar surface area (TPSA) is 44.8 Å². The van der Waals surface area contributed by atoms with Crippen LogP contribution >= 0.6 is 11.3 Å². The summed E-state index contributed by atoms with van der Waals surface area (Å²) in [7, 11) is 3.96. The van der Waals surface area contributed by atoms with Gasteiger partial charge in [-0.05, 0) is 35.6 Å². The Morgan fingerprint density at radius 3 is 2.79 bits per heavy atom. The van der Waals surface area contributed by atoms with Crippen molar-refractivity contribution >= 4 is 28.3 Å². The molecular formula is C14H16N4S. The maximum atomic E-state index is 4.62. The van der Waals surface area contributed by atoms with E-state index in [9.17, 15) is 0 Å². The second-order valence-electron chi connectivity index (χ2n) is 4.65. The van der Waals surface area contributed by atoms with Gasteiger partial charge in [-0.1, -0.05) is 6.92 Å². The molecule has 0 spiro atoms. The summed E-state index contributed by atoms with van der Waals surface area (Å²) < 4.78 is 0. The first kappa shape index (κ1) is 12.2. The number of aryl methyl sites for hydroxylation is 1. The summed E-state index contributed by atoms with van der Waals surface area (Å²) in [6.45, 7) is 2.16. The average molecular weight is 272 g/mol. The van der Waals surface area contributed by atoms with Crippen molar-refractivity contribution in [2.24, 2.45) is 0 Å². The van der Waals surface area contributed by atoms with E-state index in [4.69, 9.17) is 0 Å². The molecule has 0 unspecified atom stereocenters. The van der Waals surface area contributed by atoms with Crippen molar-refractivity contribution in [3.63, 3.8) is 0 Å². The van der Waals surface area contributed by atoms with Gasteiger partial charge in [-0.15, -0.1) is 11.3 Å². The number of rotatable bonds is 3. The van der Waals surface area contributed by atoms with Crippen LogP contribution in [0.3, 0.4) is 0 Å². The van der Waals surface area contributed by atoms with Crippen LogP contribution in [0, 0.1) is 0 Å². The maximum absolute atomic E-state index is 4.62. The predicted molar refractivity (Wildman–Crippen MR) is 80.9 cm³/mol. The van der Waals surface area contributed by atoms with Gasteiger partial charge >= 0.3 is 0 Å². The molecule has 0 fully saturated rings. The minimum Gasteiger partial charge on any atom is -0.363 e. The molecule has 3 heterocycles. The largest absolute Gasteiger partial charge is 0.363 e. The van der Waals surface area contributed by atoms with E-state index in [0.717, 1.165) is 29.2 Å². The summed E-state index contributed by atoms with van der Waals surface area (Å²) in [6.07, 6.45) is 1.02. The standard InChI is InChI=1S/C14H16N4S/c1-4-9-7-8-19-12(9)14-15-10-5-6-11(18(2)3)16-13(10)17-14/h5-8H,4H2,1-3H3,(H,15,16,17). The lowest BCUT2D eigenvalue weighted by Gasteiger charge is -2.09. The van der Waals surface area contributed by atoms with Crippen LogP contribution < -0.4 is 4.90 Å². The maximum Gasteiger partial charge on any atom is 0.180 e. The highest BCUT2D eigenvalue weighted by Gasteiger charge is 2.11. The van der Waals surface area contributed by atoms with Crippen molar-refractivity contribution in [1.29, 1.82) is 0 Å². The molecule has 1 N–H and O–H groups in total. The molecule has 0 amide bonds. The Bertz CT molecular complexity index is 711. The van der Waals surface area contributed by atoms with Gasteiger partial charge in [0.15, 0.2) is 11.5 Å². The predicted octanol–water partition coefficient (Wildman–Crippen LogP) is 3.31. The quantitative estimate of drug-likeness (QED) is 0.795. The molecular weight excluding hydrogens is 256 g/mol. The molecule has 0 bridgehead atoms. The van der Waals surface area contributed by atoms with Crippen molar-refractivity contribution in [3.05, 3.63) is 29.1 Å². The Balaban J connectivity index is 2.11. The van der Waals surface area contributed by atoms with E-state index in [1.165, 1.54) is 10.4 Å². The number of thiophene rings is 1. The molecule has 3 aromatic heterocycles. The van der Waals surface area contributed by atoms with E-state index < -0.39 is 0 Å². The molecule has 0 radical (unpaired) electrons. The third kappa shape index (κ3) is 2.10. The van der Waals surface area contributed by atoms with E-state index in [1.54, 1.807) is 11.3 Å². The highest BCUT2D eigenvalue weighted by molar-refractivity contribution is 7.13. The number of hydrogen-bond donors (Lipinski definition) is 1. The lowest BCUT2D eigenvalue weighted by molar-refractivity contribution is 1.08. The van der Waals surface area contributed by atoms with Gasteiger partial charge < -0.3 is 9.88 Å². The summed E-state index contributed by atoms with van der Waals surface area (Å²) in [5.41, 5.74) is 3.09. The number of H-pyrrole nitrogens is 1. The number of nitrogens with zero attached hydrogens (tertiary/aromatic N) is 3. The van der Waals surface area contributed by atoms with Crippen molar-refractivity contribution in [2.75, 3.05) is 19.0 Å². The zero-order valence-electron chi connectivity index (χ0n) is 11.3. The molecule has 5 heteroatoms. The fourth-order valence-electron chi connectivity index (χ4n) is 2.06. The normalized spacial score (nSPS) is 11.1. The van der Waals surface area contributed by atoms with Crippen LogP contribution in [0.5, 0.6) is 0 Å². The van der Waals surface area contributed by atoms with Crippen LogP contribution in [0.25, 0.3) is 21.9 Å². The van der Waals surface area contributed by atoms with Crippen molar-refractivity contribution in [2.45, 2.75) is 13.3 Å². The number of fused-ring (bicyclic) bond motifs is 1. The van der Waals surface area contributed by atoms with Crippen LogP contribution in [0.2, 0.25) is 0 Å². The van der Waals surface area contributed by atoms with Crippen LogP contribution in [-0.2, 0) is 6.42 Å². The molecule has 4 nitrogen and oxygen atoms in total. The van der Waals surface area contributed by atoms with E-state index in [2.05, 4.69) is 33.3 Å². The summed E-state index contributed by atoms with van der Waals surface area (Å²) >= 11 is 1.72. The summed E-state index contributed by atoms with van der Waals surface area (Å²) in [5.74, 6) is 1.85. The van der Waals surface area contributed by atoms with Crippen molar-refractivity contribution in [1.82, 2.24) is 15.0 Å². The van der Waals surface area contributed by atoms with Gasteiger partial charge in [0.25, 0.3) is 0 Å². The third-order valence-electron chi connectivity index (χ3n) is 3.13. The summed E-state index contributed by atoms with van der Waals surface area (Å²) in [6, 6.07) is 6.19. The Kier molecular flexibility index (Phi) is 2.98. The fraction of sp³-hybridized carbons (Fsp3) is 0.286. The van der Waals surface area contributed by atoms with Crippen LogP contribution in [0.1, 0.15) is 12.5 Å². The van der Waals surface area contributed by atoms with E-state index >= 15 is 0 Å². The van der Waals surface area contributed by atoms with Gasteiger partial charge in [-0.25, -0.2) is 9.97 Å². The van der Waals surface area contributed by atoms with Crippen LogP contribution in [0.15, 0.2) is 23.6 Å². The molecule has 0 aliphatic heterocycles. The minimum absolute atomic E-state index is 0.775. The smallest absolute Gasteiger partial charge is 0.180 e. The Morgan fingerprint density at radius 2 is 2.05 bits per heavy atom. The monoisotopic (exact) mass is 272 g/mol.